The van der Waals surface area contributed by atoms with Gasteiger partial charge in [-0.05, 0) is 18.2 Å². The highest BCUT2D eigenvalue weighted by Crippen LogP contribution is 2.37. The average Bonchev–Trinajstić information content (AvgIpc) is 2.75. The molecule has 0 aliphatic carbocycles. The molecule has 2 aromatic rings. The summed E-state index contributed by atoms with van der Waals surface area (Å²) in [5.74, 6) is 0.893. The second-order valence-corrected chi connectivity index (χ2v) is 6.20. The Hall–Kier alpha value is -3.81. The summed E-state index contributed by atoms with van der Waals surface area (Å²) in [6.45, 7) is -1.98. The Kier molecular flexibility index (Phi) is 6.06. The lowest BCUT2D eigenvalue weighted by atomic mass is 9.84. The summed E-state index contributed by atoms with van der Waals surface area (Å²) in [6, 6.07) is 3.30. The normalized spacial score (nSPS) is 20.5. The first-order valence-electron chi connectivity index (χ1n) is 8.58. The second kappa shape index (κ2) is 8.69. The van der Waals surface area contributed by atoms with E-state index in [1.54, 1.807) is 0 Å². The molecule has 1 aliphatic rings. The number of carbonyl (C=O) groups is 1. The van der Waals surface area contributed by atoms with Crippen molar-refractivity contribution in [3.05, 3.63) is 47.7 Å². The zero-order chi connectivity index (χ0) is 21.7. The van der Waals surface area contributed by atoms with Gasteiger partial charge in [-0.2, -0.15) is 0 Å². The molecule has 11 heteroatoms. The van der Waals surface area contributed by atoms with Crippen LogP contribution in [0.2, 0.25) is 0 Å². The molecule has 0 bridgehead atoms. The molecular formula is C19H16F3N5O3. The van der Waals surface area contributed by atoms with Gasteiger partial charge in [0.1, 0.15) is 24.3 Å². The number of halogens is 3. The fraction of sp³-hybridized carbons (Fsp3) is 0.263. The average molecular weight is 419 g/mol. The van der Waals surface area contributed by atoms with Crippen LogP contribution >= 0.6 is 0 Å². The van der Waals surface area contributed by atoms with Gasteiger partial charge in [-0.3, -0.25) is 4.79 Å². The maximum atomic E-state index is 14.6. The molecule has 0 saturated heterocycles. The number of hydrogen-bond donors (Lipinski definition) is 2. The van der Waals surface area contributed by atoms with E-state index in [1.165, 1.54) is 12.1 Å². The molecule has 1 aromatic carbocycles. The molecule has 1 aromatic heterocycles. The zero-order valence-electron chi connectivity index (χ0n) is 15.4. The topological polar surface area (TPSA) is 112 Å². The molecule has 156 valence electrons. The Morgan fingerprint density at radius 1 is 1.40 bits per heavy atom. The van der Waals surface area contributed by atoms with Crippen LogP contribution in [0.3, 0.4) is 0 Å². The Labute approximate surface area is 169 Å². The molecule has 8 nitrogen and oxygen atoms in total. The number of nitrogens with zero attached hydrogens (tertiary/aromatic N) is 3. The number of terminal acetylenes is 1. The van der Waals surface area contributed by atoms with Crippen LogP contribution in [-0.4, -0.2) is 41.5 Å². The standard InChI is InChI=1S/C19H16F3N5O3/c1-2-19(6-12(7-20)30-18(23)27-19)13-5-11(3-4-14(13)22)26-17(28)15-8-25-16(9-24-15)29-10-21/h1,3-5,8-9,12H,6-7,10H2,(H2,23,27)(H,26,28)/t12-,19+/m1/s1. The van der Waals surface area contributed by atoms with Gasteiger partial charge in [0.25, 0.3) is 11.9 Å². The largest absolute Gasteiger partial charge is 0.459 e. The highest BCUT2D eigenvalue weighted by Gasteiger charge is 2.40. The van der Waals surface area contributed by atoms with Gasteiger partial charge in [0.2, 0.25) is 12.7 Å². The third-order valence-electron chi connectivity index (χ3n) is 4.26. The molecule has 0 unspecified atom stereocenters. The molecule has 3 N–H and O–H groups in total. The fourth-order valence-electron chi connectivity index (χ4n) is 2.91. The minimum Gasteiger partial charge on any atom is -0.459 e. The number of anilines is 1. The number of nitrogens with one attached hydrogen (secondary N) is 1. The quantitative estimate of drug-likeness (QED) is 0.694. The Morgan fingerprint density at radius 2 is 2.20 bits per heavy atom. The highest BCUT2D eigenvalue weighted by molar-refractivity contribution is 6.02. The smallest absolute Gasteiger partial charge is 0.284 e. The van der Waals surface area contributed by atoms with E-state index in [0.717, 1.165) is 18.5 Å². The number of ether oxygens (including phenoxy) is 2. The van der Waals surface area contributed by atoms with E-state index in [-0.39, 0.29) is 35.3 Å². The van der Waals surface area contributed by atoms with Gasteiger partial charge >= 0.3 is 0 Å². The number of rotatable bonds is 6. The third-order valence-corrected chi connectivity index (χ3v) is 4.26. The van der Waals surface area contributed by atoms with Gasteiger partial charge in [0.15, 0.2) is 5.54 Å². The van der Waals surface area contributed by atoms with Crippen molar-refractivity contribution in [3.8, 4) is 18.2 Å². The van der Waals surface area contributed by atoms with E-state index in [9.17, 15) is 18.0 Å². The SMILES string of the molecule is C#C[C@@]1(c2cc(NC(=O)c3cnc(OCF)cn3)ccc2F)C[C@H](CF)OC(N)=N1. The molecule has 1 amide bonds. The van der Waals surface area contributed by atoms with E-state index >= 15 is 0 Å². The summed E-state index contributed by atoms with van der Waals surface area (Å²) in [5, 5.41) is 2.52. The van der Waals surface area contributed by atoms with Gasteiger partial charge in [0.05, 0.1) is 12.4 Å². The van der Waals surface area contributed by atoms with Crippen LogP contribution in [0, 0.1) is 18.2 Å². The Bertz CT molecular complexity index is 1010. The summed E-state index contributed by atoms with van der Waals surface area (Å²) in [6.07, 6.45) is 6.63. The predicted molar refractivity (Wildman–Crippen MR) is 101 cm³/mol. The van der Waals surface area contributed by atoms with E-state index in [4.69, 9.17) is 16.9 Å². The van der Waals surface area contributed by atoms with Crippen molar-refractivity contribution >= 4 is 17.6 Å². The molecular weight excluding hydrogens is 403 g/mol. The number of aromatic nitrogens is 2. The summed E-state index contributed by atoms with van der Waals surface area (Å²) < 4.78 is 49.5. The van der Waals surface area contributed by atoms with E-state index in [2.05, 4.69) is 30.9 Å². The van der Waals surface area contributed by atoms with Crippen LogP contribution in [0.15, 0.2) is 35.6 Å². The van der Waals surface area contributed by atoms with Crippen LogP contribution in [0.5, 0.6) is 5.88 Å². The van der Waals surface area contributed by atoms with Gasteiger partial charge in [-0.25, -0.2) is 28.1 Å². The number of aliphatic imine (C=N–C) groups is 1. The van der Waals surface area contributed by atoms with Gasteiger partial charge < -0.3 is 20.5 Å². The second-order valence-electron chi connectivity index (χ2n) is 6.20. The summed E-state index contributed by atoms with van der Waals surface area (Å²) in [5.41, 5.74) is 3.99. The van der Waals surface area contributed by atoms with Crippen molar-refractivity contribution in [1.29, 1.82) is 0 Å². The van der Waals surface area contributed by atoms with Crippen molar-refractivity contribution < 1.29 is 27.4 Å². The Morgan fingerprint density at radius 3 is 2.83 bits per heavy atom. The molecule has 2 heterocycles. The first kappa shape index (κ1) is 20.9. The maximum absolute atomic E-state index is 14.6. The van der Waals surface area contributed by atoms with Crippen molar-refractivity contribution in [2.45, 2.75) is 18.1 Å². The minimum absolute atomic E-state index is 0.0784. The Balaban J connectivity index is 1.89. The van der Waals surface area contributed by atoms with Crippen LogP contribution in [0.25, 0.3) is 0 Å². The summed E-state index contributed by atoms with van der Waals surface area (Å²) in [7, 11) is 0. The number of benzene rings is 1. The number of alkyl halides is 2. The first-order valence-corrected chi connectivity index (χ1v) is 8.58. The third kappa shape index (κ3) is 4.27. The molecule has 1 aliphatic heterocycles. The lowest BCUT2D eigenvalue weighted by Crippen LogP contribution is -2.41. The van der Waals surface area contributed by atoms with Crippen molar-refractivity contribution in [2.24, 2.45) is 10.7 Å². The molecule has 0 spiro atoms. The first-order chi connectivity index (χ1) is 14.4. The zero-order valence-corrected chi connectivity index (χ0v) is 15.4. The molecule has 2 atom stereocenters. The molecule has 3 rings (SSSR count). The van der Waals surface area contributed by atoms with Crippen molar-refractivity contribution in [3.63, 3.8) is 0 Å². The van der Waals surface area contributed by atoms with Crippen LogP contribution in [0.4, 0.5) is 18.9 Å². The lowest BCUT2D eigenvalue weighted by molar-refractivity contribution is 0.101. The minimum atomic E-state index is -1.60. The number of nitrogens with two attached hydrogens (primary N) is 1. The number of hydrogen-bond acceptors (Lipinski definition) is 7. The maximum Gasteiger partial charge on any atom is 0.284 e. The van der Waals surface area contributed by atoms with E-state index < -0.39 is 36.9 Å². The molecule has 0 saturated carbocycles. The number of amides is 1. The highest BCUT2D eigenvalue weighted by atomic mass is 19.1. The lowest BCUT2D eigenvalue weighted by Gasteiger charge is -2.33. The van der Waals surface area contributed by atoms with Crippen molar-refractivity contribution in [1.82, 2.24) is 9.97 Å². The molecule has 30 heavy (non-hydrogen) atoms. The summed E-state index contributed by atoms with van der Waals surface area (Å²) >= 11 is 0. The van der Waals surface area contributed by atoms with Gasteiger partial charge in [0, 0.05) is 17.7 Å². The molecule has 0 radical (unpaired) electrons. The van der Waals surface area contributed by atoms with Crippen LogP contribution < -0.4 is 15.8 Å². The number of amidine groups is 1. The van der Waals surface area contributed by atoms with Crippen LogP contribution in [0.1, 0.15) is 22.5 Å². The predicted octanol–water partition coefficient (Wildman–Crippen LogP) is 2.08. The van der Waals surface area contributed by atoms with Crippen molar-refractivity contribution in [2.75, 3.05) is 18.9 Å². The number of carbonyl (C=O) groups excluding carboxylic acids is 1. The van der Waals surface area contributed by atoms with E-state index in [0.29, 0.717) is 0 Å². The van der Waals surface area contributed by atoms with Gasteiger partial charge in [-0.15, -0.1) is 6.42 Å². The van der Waals surface area contributed by atoms with Crippen LogP contribution in [-0.2, 0) is 10.3 Å². The van der Waals surface area contributed by atoms with E-state index in [1.807, 2.05) is 0 Å². The summed E-state index contributed by atoms with van der Waals surface area (Å²) in [4.78, 5) is 23.9. The monoisotopic (exact) mass is 419 g/mol. The fourth-order valence-corrected chi connectivity index (χ4v) is 2.91. The van der Waals surface area contributed by atoms with Gasteiger partial charge in [-0.1, -0.05) is 5.92 Å². The molecule has 0 fully saturated rings.